The Labute approximate surface area is 93.5 Å². The highest BCUT2D eigenvalue weighted by atomic mass is 16.3. The molecule has 1 aliphatic carbocycles. The minimum atomic E-state index is -0.471. The van der Waals surface area contributed by atoms with Crippen molar-refractivity contribution in [2.24, 2.45) is 5.92 Å². The first-order valence-electron chi connectivity index (χ1n) is 6.67. The van der Waals surface area contributed by atoms with Gasteiger partial charge in [0.1, 0.15) is 0 Å². The number of rotatable bonds is 2. The largest absolute Gasteiger partial charge is 0.388 e. The summed E-state index contributed by atoms with van der Waals surface area (Å²) in [7, 11) is 0. The van der Waals surface area contributed by atoms with Crippen molar-refractivity contribution in [2.45, 2.75) is 69.9 Å². The highest BCUT2D eigenvalue weighted by Gasteiger charge is 2.40. The summed E-state index contributed by atoms with van der Waals surface area (Å²) in [5.41, 5.74) is -0.471. The van der Waals surface area contributed by atoms with E-state index in [0.29, 0.717) is 12.0 Å². The van der Waals surface area contributed by atoms with E-state index < -0.39 is 5.60 Å². The van der Waals surface area contributed by atoms with Crippen LogP contribution in [0.2, 0.25) is 0 Å². The summed E-state index contributed by atoms with van der Waals surface area (Å²) in [6.07, 6.45) is 10.2. The predicted octanol–water partition coefficient (Wildman–Crippen LogP) is 2.46. The first-order valence-corrected chi connectivity index (χ1v) is 6.67. The molecule has 0 spiro atoms. The lowest BCUT2D eigenvalue weighted by atomic mass is 9.72. The molecule has 0 amide bonds. The first kappa shape index (κ1) is 11.4. The van der Waals surface area contributed by atoms with Gasteiger partial charge in [0.25, 0.3) is 0 Å². The molecule has 2 fully saturated rings. The SMILES string of the molecule is C[C@@](O)(C1CCCCC1)[C@@H]1CCCCN1. The maximum absolute atomic E-state index is 10.7. The van der Waals surface area contributed by atoms with Gasteiger partial charge in [0, 0.05) is 6.04 Å². The van der Waals surface area contributed by atoms with E-state index in [-0.39, 0.29) is 0 Å². The third-order valence-electron chi connectivity index (χ3n) is 4.45. The van der Waals surface area contributed by atoms with E-state index in [0.717, 1.165) is 13.0 Å². The highest BCUT2D eigenvalue weighted by molar-refractivity contribution is 4.95. The van der Waals surface area contributed by atoms with Gasteiger partial charge in [0.15, 0.2) is 0 Å². The standard InChI is InChI=1S/C13H25NO/c1-13(15,11-7-3-2-4-8-11)12-9-5-6-10-14-12/h11-12,14-15H,2-10H2,1H3/t12-,13+/m0/s1. The molecule has 2 heteroatoms. The zero-order valence-electron chi connectivity index (χ0n) is 9.97. The Morgan fingerprint density at radius 3 is 2.27 bits per heavy atom. The van der Waals surface area contributed by atoms with E-state index in [1.54, 1.807) is 0 Å². The molecule has 0 aromatic carbocycles. The summed E-state index contributed by atoms with van der Waals surface area (Å²) >= 11 is 0. The van der Waals surface area contributed by atoms with Crippen molar-refractivity contribution in [3.63, 3.8) is 0 Å². The van der Waals surface area contributed by atoms with Crippen molar-refractivity contribution in [3.8, 4) is 0 Å². The molecule has 0 aromatic heterocycles. The third kappa shape index (κ3) is 2.54. The van der Waals surface area contributed by atoms with Crippen LogP contribution < -0.4 is 5.32 Å². The van der Waals surface area contributed by atoms with Crippen molar-refractivity contribution >= 4 is 0 Å². The third-order valence-corrected chi connectivity index (χ3v) is 4.45. The maximum Gasteiger partial charge on any atom is 0.0799 e. The molecular weight excluding hydrogens is 186 g/mol. The number of hydrogen-bond acceptors (Lipinski definition) is 2. The number of piperidine rings is 1. The van der Waals surface area contributed by atoms with Crippen LogP contribution in [0.5, 0.6) is 0 Å². The van der Waals surface area contributed by atoms with Crippen LogP contribution in [0.3, 0.4) is 0 Å². The van der Waals surface area contributed by atoms with E-state index in [1.807, 2.05) is 0 Å². The van der Waals surface area contributed by atoms with Gasteiger partial charge < -0.3 is 10.4 Å². The average molecular weight is 211 g/mol. The van der Waals surface area contributed by atoms with Crippen molar-refractivity contribution in [2.75, 3.05) is 6.54 Å². The van der Waals surface area contributed by atoms with Crippen molar-refractivity contribution in [3.05, 3.63) is 0 Å². The van der Waals surface area contributed by atoms with Gasteiger partial charge >= 0.3 is 0 Å². The van der Waals surface area contributed by atoms with Gasteiger partial charge in [0.05, 0.1) is 5.60 Å². The number of hydrogen-bond donors (Lipinski definition) is 2. The van der Waals surface area contributed by atoms with Gasteiger partial charge in [-0.15, -0.1) is 0 Å². The van der Waals surface area contributed by atoms with E-state index in [2.05, 4.69) is 12.2 Å². The van der Waals surface area contributed by atoms with Crippen LogP contribution >= 0.6 is 0 Å². The van der Waals surface area contributed by atoms with Gasteiger partial charge in [-0.25, -0.2) is 0 Å². The van der Waals surface area contributed by atoms with Gasteiger partial charge in [-0.2, -0.15) is 0 Å². The number of nitrogens with one attached hydrogen (secondary N) is 1. The Balaban J connectivity index is 1.96. The fourth-order valence-electron chi connectivity index (χ4n) is 3.32. The minimum Gasteiger partial charge on any atom is -0.388 e. The molecule has 2 nitrogen and oxygen atoms in total. The molecule has 0 aromatic rings. The van der Waals surface area contributed by atoms with E-state index in [4.69, 9.17) is 0 Å². The monoisotopic (exact) mass is 211 g/mol. The van der Waals surface area contributed by atoms with Crippen LogP contribution in [-0.4, -0.2) is 23.3 Å². The lowest BCUT2D eigenvalue weighted by Gasteiger charge is -2.43. The van der Waals surface area contributed by atoms with Crippen LogP contribution in [0.15, 0.2) is 0 Å². The molecule has 2 N–H and O–H groups in total. The highest BCUT2D eigenvalue weighted by Crippen LogP contribution is 2.36. The number of aliphatic hydroxyl groups is 1. The van der Waals surface area contributed by atoms with Crippen LogP contribution in [0.4, 0.5) is 0 Å². The van der Waals surface area contributed by atoms with Gasteiger partial charge in [-0.05, 0) is 45.1 Å². The Kier molecular flexibility index (Phi) is 3.68. The molecule has 2 aliphatic rings. The van der Waals surface area contributed by atoms with Crippen LogP contribution in [0, 0.1) is 5.92 Å². The average Bonchev–Trinajstić information content (AvgIpc) is 2.31. The summed E-state index contributed by atoms with van der Waals surface area (Å²) in [6.45, 7) is 3.15. The van der Waals surface area contributed by atoms with Gasteiger partial charge in [-0.1, -0.05) is 25.7 Å². The quantitative estimate of drug-likeness (QED) is 0.735. The lowest BCUT2D eigenvalue weighted by molar-refractivity contribution is -0.0541. The van der Waals surface area contributed by atoms with E-state index in [9.17, 15) is 5.11 Å². The first-order chi connectivity index (χ1) is 7.21. The summed E-state index contributed by atoms with van der Waals surface area (Å²) in [5, 5.41) is 14.2. The summed E-state index contributed by atoms with van der Waals surface area (Å²) in [6, 6.07) is 0.342. The maximum atomic E-state index is 10.7. The van der Waals surface area contributed by atoms with Crippen LogP contribution in [0.1, 0.15) is 58.3 Å². The molecule has 1 heterocycles. The van der Waals surface area contributed by atoms with Crippen molar-refractivity contribution in [1.82, 2.24) is 5.32 Å². The summed E-state index contributed by atoms with van der Waals surface area (Å²) < 4.78 is 0. The molecule has 1 aliphatic heterocycles. The normalized spacial score (nSPS) is 33.6. The Morgan fingerprint density at radius 2 is 1.67 bits per heavy atom. The van der Waals surface area contributed by atoms with E-state index in [1.165, 1.54) is 44.9 Å². The topological polar surface area (TPSA) is 32.3 Å². The van der Waals surface area contributed by atoms with Crippen molar-refractivity contribution < 1.29 is 5.11 Å². The van der Waals surface area contributed by atoms with Gasteiger partial charge in [0.2, 0.25) is 0 Å². The molecule has 2 atom stereocenters. The second-order valence-electron chi connectivity index (χ2n) is 5.56. The van der Waals surface area contributed by atoms with Crippen molar-refractivity contribution in [1.29, 1.82) is 0 Å². The lowest BCUT2D eigenvalue weighted by Crippen LogP contribution is -2.55. The molecule has 0 radical (unpaired) electrons. The molecule has 88 valence electrons. The summed E-state index contributed by atoms with van der Waals surface area (Å²) in [5.74, 6) is 0.529. The fraction of sp³-hybridized carbons (Fsp3) is 1.00. The molecule has 0 bridgehead atoms. The molecule has 1 saturated heterocycles. The van der Waals surface area contributed by atoms with Gasteiger partial charge in [-0.3, -0.25) is 0 Å². The molecule has 0 unspecified atom stereocenters. The van der Waals surface area contributed by atoms with Crippen LogP contribution in [-0.2, 0) is 0 Å². The van der Waals surface area contributed by atoms with E-state index >= 15 is 0 Å². The molecule has 2 rings (SSSR count). The Morgan fingerprint density at radius 1 is 1.00 bits per heavy atom. The second-order valence-corrected chi connectivity index (χ2v) is 5.56. The Bertz CT molecular complexity index is 171. The summed E-state index contributed by atoms with van der Waals surface area (Å²) in [4.78, 5) is 0. The zero-order chi connectivity index (χ0) is 10.7. The smallest absolute Gasteiger partial charge is 0.0799 e. The van der Waals surface area contributed by atoms with Crippen LogP contribution in [0.25, 0.3) is 0 Å². The second kappa shape index (κ2) is 4.84. The Hall–Kier alpha value is -0.0800. The minimum absolute atomic E-state index is 0.342. The fourth-order valence-corrected chi connectivity index (χ4v) is 3.32. The molecule has 15 heavy (non-hydrogen) atoms. The molecule has 1 saturated carbocycles. The predicted molar refractivity (Wildman–Crippen MR) is 62.8 cm³/mol. The zero-order valence-corrected chi connectivity index (χ0v) is 9.97. The molecular formula is C13H25NO.